The second kappa shape index (κ2) is 14.1. The molecule has 0 fully saturated rings. The summed E-state index contributed by atoms with van der Waals surface area (Å²) in [5.41, 5.74) is 6.25. The van der Waals surface area contributed by atoms with Gasteiger partial charge in [0, 0.05) is 27.2 Å². The molecule has 43 heavy (non-hydrogen) atoms. The molecule has 0 bridgehead atoms. The van der Waals surface area contributed by atoms with E-state index in [-0.39, 0.29) is 18.2 Å². The van der Waals surface area contributed by atoms with Crippen molar-refractivity contribution >= 4 is 73.4 Å². The maximum absolute atomic E-state index is 13.7. The summed E-state index contributed by atoms with van der Waals surface area (Å²) in [4.78, 5) is 29.3. The number of carbonyl (C=O) groups is 2. The highest BCUT2D eigenvalue weighted by Crippen LogP contribution is 2.28. The maximum atomic E-state index is 13.7. The van der Waals surface area contributed by atoms with Crippen LogP contribution in [-0.4, -0.2) is 29.6 Å². The van der Waals surface area contributed by atoms with E-state index >= 15 is 0 Å². The van der Waals surface area contributed by atoms with Crippen molar-refractivity contribution < 1.29 is 18.7 Å². The zero-order valence-electron chi connectivity index (χ0n) is 22.2. The molecule has 1 heterocycles. The van der Waals surface area contributed by atoms with Crippen molar-refractivity contribution in [3.8, 4) is 17.0 Å². The Morgan fingerprint density at radius 3 is 2.53 bits per heavy atom. The van der Waals surface area contributed by atoms with E-state index in [1.54, 1.807) is 48.5 Å². The van der Waals surface area contributed by atoms with Crippen LogP contribution >= 0.6 is 38.9 Å². The number of para-hydroxylation sites is 1. The molecular weight excluding hydrogens is 657 g/mol. The molecule has 1 aromatic heterocycles. The summed E-state index contributed by atoms with van der Waals surface area (Å²) in [5.74, 6) is -0.983. The molecule has 0 atom stereocenters. The first-order valence-electron chi connectivity index (χ1n) is 12.7. The largest absolute Gasteiger partial charge is 0.483 e. The van der Waals surface area contributed by atoms with Crippen LogP contribution < -0.4 is 20.8 Å². The first kappa shape index (κ1) is 29.9. The minimum Gasteiger partial charge on any atom is -0.483 e. The lowest BCUT2D eigenvalue weighted by Gasteiger charge is -2.10. The summed E-state index contributed by atoms with van der Waals surface area (Å²) in [6.07, 6.45) is 1.48. The lowest BCUT2D eigenvalue weighted by Crippen LogP contribution is -2.20. The van der Waals surface area contributed by atoms with Gasteiger partial charge in [-0.2, -0.15) is 5.10 Å². The standard InChI is InChI=1S/C31H22BrClFN5O3S/c32-24-15-19(5-14-28(24)42-17-29(40)37-26-4-2-1-3-25(26)34)16-35-39-30(41)21-8-6-20(7-9-21)27-18-43-31(38-27)36-23-12-10-22(33)11-13-23/h1-16,18H,17H2,(H,36,38)(H,37,40)(H,39,41)/b35-16-. The number of carbonyl (C=O) groups excluding carboxylic acids is 2. The molecule has 0 unspecified atom stereocenters. The third-order valence-corrected chi connectivity index (χ3v) is 7.51. The van der Waals surface area contributed by atoms with Crippen molar-refractivity contribution in [2.24, 2.45) is 5.10 Å². The van der Waals surface area contributed by atoms with Gasteiger partial charge in [-0.25, -0.2) is 14.8 Å². The van der Waals surface area contributed by atoms with E-state index in [2.05, 4.69) is 42.1 Å². The van der Waals surface area contributed by atoms with Crippen LogP contribution in [0.5, 0.6) is 5.75 Å². The van der Waals surface area contributed by atoms with Crippen molar-refractivity contribution in [2.45, 2.75) is 0 Å². The van der Waals surface area contributed by atoms with Crippen LogP contribution in [-0.2, 0) is 4.79 Å². The molecule has 5 aromatic rings. The summed E-state index contributed by atoms with van der Waals surface area (Å²) >= 11 is 10.8. The van der Waals surface area contributed by atoms with Gasteiger partial charge in [-0.05, 0) is 88.2 Å². The second-order valence-electron chi connectivity index (χ2n) is 8.95. The first-order chi connectivity index (χ1) is 20.8. The molecule has 3 N–H and O–H groups in total. The van der Waals surface area contributed by atoms with E-state index in [9.17, 15) is 14.0 Å². The van der Waals surface area contributed by atoms with Gasteiger partial charge in [-0.3, -0.25) is 9.59 Å². The Balaban J connectivity index is 1.11. The number of anilines is 3. The third-order valence-electron chi connectivity index (χ3n) is 5.88. The number of nitrogens with one attached hydrogen (secondary N) is 3. The number of rotatable bonds is 10. The van der Waals surface area contributed by atoms with Crippen LogP contribution in [0.2, 0.25) is 5.02 Å². The van der Waals surface area contributed by atoms with Crippen LogP contribution in [0.1, 0.15) is 15.9 Å². The number of ether oxygens (including phenoxy) is 1. The van der Waals surface area contributed by atoms with Crippen LogP contribution in [0.4, 0.5) is 20.9 Å². The van der Waals surface area contributed by atoms with Crippen molar-refractivity contribution in [3.63, 3.8) is 0 Å². The SMILES string of the molecule is O=C(COc1ccc(/C=N\NC(=O)c2ccc(-c3csc(Nc4ccc(Cl)cc4)n3)cc2)cc1Br)Nc1ccccc1F. The number of hydrogen-bond acceptors (Lipinski definition) is 7. The predicted octanol–water partition coefficient (Wildman–Crippen LogP) is 7.89. The van der Waals surface area contributed by atoms with E-state index in [4.69, 9.17) is 16.3 Å². The van der Waals surface area contributed by atoms with E-state index in [0.717, 1.165) is 22.1 Å². The number of thiazole rings is 1. The van der Waals surface area contributed by atoms with E-state index in [0.29, 0.717) is 26.4 Å². The minimum absolute atomic E-state index is 0.0801. The van der Waals surface area contributed by atoms with Gasteiger partial charge < -0.3 is 15.4 Å². The lowest BCUT2D eigenvalue weighted by molar-refractivity contribution is -0.118. The monoisotopic (exact) mass is 677 g/mol. The van der Waals surface area contributed by atoms with Gasteiger partial charge >= 0.3 is 0 Å². The van der Waals surface area contributed by atoms with Crippen LogP contribution in [0.15, 0.2) is 106 Å². The van der Waals surface area contributed by atoms with Gasteiger partial charge in [0.15, 0.2) is 11.7 Å². The van der Waals surface area contributed by atoms with Gasteiger partial charge in [0.1, 0.15) is 11.6 Å². The van der Waals surface area contributed by atoms with Crippen molar-refractivity contribution in [1.29, 1.82) is 0 Å². The Bertz CT molecular complexity index is 1780. The van der Waals surface area contributed by atoms with Crippen LogP contribution in [0, 0.1) is 5.82 Å². The van der Waals surface area contributed by atoms with Crippen molar-refractivity contribution in [1.82, 2.24) is 10.4 Å². The zero-order chi connectivity index (χ0) is 30.2. The third kappa shape index (κ3) is 8.25. The van der Waals surface area contributed by atoms with Crippen LogP contribution in [0.3, 0.4) is 0 Å². The molecule has 8 nitrogen and oxygen atoms in total. The number of amides is 2. The highest BCUT2D eigenvalue weighted by Gasteiger charge is 2.10. The summed E-state index contributed by atoms with van der Waals surface area (Å²) in [6, 6.07) is 25.4. The normalized spacial score (nSPS) is 10.9. The number of nitrogens with zero attached hydrogens (tertiary/aromatic N) is 2. The number of benzene rings is 4. The molecule has 0 aliphatic carbocycles. The lowest BCUT2D eigenvalue weighted by atomic mass is 10.1. The highest BCUT2D eigenvalue weighted by atomic mass is 79.9. The topological polar surface area (TPSA) is 105 Å². The first-order valence-corrected chi connectivity index (χ1v) is 14.8. The summed E-state index contributed by atoms with van der Waals surface area (Å²) in [7, 11) is 0. The van der Waals surface area contributed by atoms with E-state index in [1.807, 2.05) is 29.6 Å². The molecular formula is C31H22BrClFN5O3S. The number of hydrazone groups is 1. The average molecular weight is 679 g/mol. The second-order valence-corrected chi connectivity index (χ2v) is 11.1. The Morgan fingerprint density at radius 2 is 1.79 bits per heavy atom. The fourth-order valence-corrected chi connectivity index (χ4v) is 5.13. The Kier molecular flexibility index (Phi) is 9.77. The van der Waals surface area contributed by atoms with Crippen molar-refractivity contribution in [2.75, 3.05) is 17.2 Å². The molecule has 2 amide bonds. The Labute approximate surface area is 263 Å². The average Bonchev–Trinajstić information content (AvgIpc) is 3.47. The highest BCUT2D eigenvalue weighted by molar-refractivity contribution is 9.10. The predicted molar refractivity (Wildman–Crippen MR) is 172 cm³/mol. The van der Waals surface area contributed by atoms with Gasteiger partial charge in [-0.1, -0.05) is 35.9 Å². The molecule has 5 rings (SSSR count). The Morgan fingerprint density at radius 1 is 1.02 bits per heavy atom. The molecule has 0 radical (unpaired) electrons. The van der Waals surface area contributed by atoms with Gasteiger partial charge in [0.25, 0.3) is 11.8 Å². The smallest absolute Gasteiger partial charge is 0.271 e. The molecule has 0 saturated heterocycles. The number of hydrogen-bond donors (Lipinski definition) is 3. The summed E-state index contributed by atoms with van der Waals surface area (Å²) < 4.78 is 19.8. The molecule has 4 aromatic carbocycles. The van der Waals surface area contributed by atoms with Crippen LogP contribution in [0.25, 0.3) is 11.3 Å². The molecule has 0 aliphatic rings. The quantitative estimate of drug-likeness (QED) is 0.103. The van der Waals surface area contributed by atoms with Crippen molar-refractivity contribution in [3.05, 3.63) is 123 Å². The van der Waals surface area contributed by atoms with Gasteiger partial charge in [0.05, 0.1) is 22.1 Å². The minimum atomic E-state index is -0.529. The molecule has 0 spiro atoms. The zero-order valence-corrected chi connectivity index (χ0v) is 25.3. The molecule has 12 heteroatoms. The van der Waals surface area contributed by atoms with E-state index in [1.165, 1.54) is 35.8 Å². The maximum Gasteiger partial charge on any atom is 0.271 e. The Hall–Kier alpha value is -4.58. The fourth-order valence-electron chi connectivity index (χ4n) is 3.75. The summed E-state index contributed by atoms with van der Waals surface area (Å²) in [6.45, 7) is -0.306. The number of halogens is 3. The fraction of sp³-hybridized carbons (Fsp3) is 0.0323. The summed E-state index contributed by atoms with van der Waals surface area (Å²) in [5, 5.41) is 13.1. The van der Waals surface area contributed by atoms with Gasteiger partial charge in [0.2, 0.25) is 0 Å². The van der Waals surface area contributed by atoms with E-state index < -0.39 is 11.7 Å². The molecule has 0 saturated carbocycles. The molecule has 0 aliphatic heterocycles. The molecule has 216 valence electrons. The van der Waals surface area contributed by atoms with Gasteiger partial charge in [-0.15, -0.1) is 11.3 Å². The number of aromatic nitrogens is 1.